The number of carbonyl (C=O) groups is 4. The molecule has 8 rings (SSSR count). The molecule has 0 saturated carbocycles. The number of nitrogens with one attached hydrogen (secondary N) is 3. The number of fused-ring (bicyclic) bond motifs is 2. The van der Waals surface area contributed by atoms with Crippen molar-refractivity contribution in [2.24, 2.45) is 5.92 Å². The van der Waals surface area contributed by atoms with Crippen molar-refractivity contribution in [2.75, 3.05) is 65.2 Å². The number of unbranched alkanes of at least 4 members (excludes halogenated alkanes) is 3. The first kappa shape index (κ1) is 43.9. The molecule has 6 heterocycles. The van der Waals surface area contributed by atoms with Gasteiger partial charge >= 0.3 is 0 Å². The van der Waals surface area contributed by atoms with Crippen LogP contribution < -0.4 is 25.8 Å². The molecule has 0 aliphatic carbocycles. The number of sulfone groups is 1. The maximum absolute atomic E-state index is 13.4. The van der Waals surface area contributed by atoms with Crippen LogP contribution in [-0.4, -0.2) is 115 Å². The summed E-state index contributed by atoms with van der Waals surface area (Å²) in [5.74, 6) is 0.465. The molecule has 0 spiro atoms. The second-order valence-corrected chi connectivity index (χ2v) is 19.7. The number of anilines is 5. The molecule has 1 unspecified atom stereocenters. The molecular formula is C46H57N9O7S. The average molecular weight is 880 g/mol. The molecule has 334 valence electrons. The number of nitrogens with zero attached hydrogens (tertiary/aromatic N) is 6. The van der Waals surface area contributed by atoms with Gasteiger partial charge in [0, 0.05) is 80.8 Å². The van der Waals surface area contributed by atoms with Gasteiger partial charge < -0.3 is 25.2 Å². The molecule has 63 heavy (non-hydrogen) atoms. The number of hydrogen-bond acceptors (Lipinski definition) is 14. The van der Waals surface area contributed by atoms with Gasteiger partial charge in [0.25, 0.3) is 11.8 Å². The molecule has 0 radical (unpaired) electrons. The number of aromatic nitrogens is 3. The van der Waals surface area contributed by atoms with Crippen LogP contribution in [0.3, 0.4) is 0 Å². The number of rotatable bonds is 17. The van der Waals surface area contributed by atoms with Crippen molar-refractivity contribution >= 4 is 73.2 Å². The molecule has 3 fully saturated rings. The Bertz CT molecular complexity index is 2510. The summed E-state index contributed by atoms with van der Waals surface area (Å²) < 4.78 is 32.2. The van der Waals surface area contributed by atoms with Gasteiger partial charge in [-0.1, -0.05) is 38.8 Å². The minimum atomic E-state index is -3.27. The molecule has 3 saturated heterocycles. The minimum absolute atomic E-state index is 0.0216. The van der Waals surface area contributed by atoms with E-state index in [-0.39, 0.29) is 59.5 Å². The highest BCUT2D eigenvalue weighted by Crippen LogP contribution is 2.40. The van der Waals surface area contributed by atoms with Gasteiger partial charge in [0.05, 0.1) is 28.7 Å². The van der Waals surface area contributed by atoms with Crippen molar-refractivity contribution in [2.45, 2.75) is 96.2 Å². The predicted molar refractivity (Wildman–Crippen MR) is 242 cm³/mol. The molecule has 0 bridgehead atoms. The van der Waals surface area contributed by atoms with Crippen molar-refractivity contribution in [3.63, 3.8) is 0 Å². The lowest BCUT2D eigenvalue weighted by molar-refractivity contribution is -0.136. The minimum Gasteiger partial charge on any atom is -0.384 e. The third kappa shape index (κ3) is 9.35. The summed E-state index contributed by atoms with van der Waals surface area (Å²) in [5, 5.41) is 11.0. The molecule has 2 aromatic carbocycles. The summed E-state index contributed by atoms with van der Waals surface area (Å²) in [5.41, 5.74) is 3.22. The van der Waals surface area contributed by atoms with Crippen molar-refractivity contribution < 1.29 is 32.3 Å². The topological polar surface area (TPSA) is 196 Å². The summed E-state index contributed by atoms with van der Waals surface area (Å²) in [6.45, 7) is 9.32. The van der Waals surface area contributed by atoms with Crippen LogP contribution in [0.4, 0.5) is 29.0 Å². The number of pyridine rings is 1. The second-order valence-electron chi connectivity index (χ2n) is 17.5. The van der Waals surface area contributed by atoms with Gasteiger partial charge in [-0.15, -0.1) is 0 Å². The van der Waals surface area contributed by atoms with E-state index in [9.17, 15) is 27.6 Å². The Morgan fingerprint density at radius 3 is 2.46 bits per heavy atom. The highest BCUT2D eigenvalue weighted by molar-refractivity contribution is 7.91. The highest BCUT2D eigenvalue weighted by atomic mass is 32.2. The Balaban J connectivity index is 0.812. The third-order valence-electron chi connectivity index (χ3n) is 13.0. The van der Waals surface area contributed by atoms with E-state index in [2.05, 4.69) is 69.7 Å². The lowest BCUT2D eigenvalue weighted by atomic mass is 9.88. The Morgan fingerprint density at radius 1 is 0.921 bits per heavy atom. The molecule has 3 N–H and O–H groups in total. The van der Waals surface area contributed by atoms with E-state index in [1.165, 1.54) is 5.56 Å². The summed E-state index contributed by atoms with van der Waals surface area (Å²) >= 11 is 0. The third-order valence-corrected chi connectivity index (χ3v) is 14.9. The average Bonchev–Trinajstić information content (AvgIpc) is 3.53. The Hall–Kier alpha value is -5.68. The number of carbonyl (C=O) groups excluding carboxylic acids is 4. The van der Waals surface area contributed by atoms with E-state index in [1.807, 2.05) is 12.3 Å². The predicted octanol–water partition coefficient (Wildman–Crippen LogP) is 5.82. The summed E-state index contributed by atoms with van der Waals surface area (Å²) in [4.78, 5) is 70.2. The second kappa shape index (κ2) is 18.6. The fourth-order valence-corrected chi connectivity index (χ4v) is 11.2. The van der Waals surface area contributed by atoms with E-state index < -0.39 is 39.5 Å². The van der Waals surface area contributed by atoms with Crippen LogP contribution in [-0.2, 0) is 24.2 Å². The Labute approximate surface area is 368 Å². The Kier molecular flexibility index (Phi) is 13.0. The van der Waals surface area contributed by atoms with Crippen molar-refractivity contribution in [1.82, 2.24) is 25.2 Å². The molecule has 4 aromatic rings. The van der Waals surface area contributed by atoms with Crippen LogP contribution >= 0.6 is 0 Å². The van der Waals surface area contributed by atoms with Crippen LogP contribution in [0, 0.1) is 5.92 Å². The summed E-state index contributed by atoms with van der Waals surface area (Å²) in [6, 6.07) is 12.3. The Morgan fingerprint density at radius 2 is 1.71 bits per heavy atom. The molecule has 4 aliphatic rings. The van der Waals surface area contributed by atoms with Gasteiger partial charge in [-0.3, -0.25) is 29.4 Å². The zero-order chi connectivity index (χ0) is 44.4. The zero-order valence-corrected chi connectivity index (χ0v) is 37.2. The van der Waals surface area contributed by atoms with Crippen LogP contribution in [0.1, 0.15) is 104 Å². The van der Waals surface area contributed by atoms with Crippen LogP contribution in [0.25, 0.3) is 10.8 Å². The van der Waals surface area contributed by atoms with E-state index in [1.54, 1.807) is 31.5 Å². The van der Waals surface area contributed by atoms with Gasteiger partial charge in [-0.2, -0.15) is 4.98 Å². The van der Waals surface area contributed by atoms with Crippen LogP contribution in [0.15, 0.2) is 54.9 Å². The maximum atomic E-state index is 13.4. The van der Waals surface area contributed by atoms with Crippen molar-refractivity contribution in [3.8, 4) is 0 Å². The van der Waals surface area contributed by atoms with Gasteiger partial charge in [0.15, 0.2) is 9.84 Å². The van der Waals surface area contributed by atoms with Gasteiger partial charge in [-0.05, 0) is 86.2 Å². The quantitative estimate of drug-likeness (QED) is 0.0848. The molecule has 3 atom stereocenters. The molecule has 2 aromatic heterocycles. The van der Waals surface area contributed by atoms with Crippen LogP contribution in [0.2, 0.25) is 0 Å². The number of piperidine rings is 2. The standard InChI is InChI=1S/C46H57N9O7S/c1-28(2)32-12-13-37(35-25-49-40(24-34(32)35)50-39-16-20-48-46(51-39)53-21-17-31(62-4)18-22-53)54-26-30(29(54)3)27-63(60,61)23-8-6-5-7-19-47-36-11-9-10-33-42(36)45(59)55(44(33)58)38-14-15-41(56)52-43(38)57/h9-13,16,20,24-25,28-31,38,47H,5-8,14-15,17-19,21-23,26-27H2,1-4H3,(H,52,56,57)(H,48,49,50,51)/t29-,30-,38?/m1/s1. The lowest BCUT2D eigenvalue weighted by Gasteiger charge is -2.48. The van der Waals surface area contributed by atoms with Gasteiger partial charge in [0.2, 0.25) is 17.8 Å². The monoisotopic (exact) mass is 879 g/mol. The first-order valence-electron chi connectivity index (χ1n) is 22.2. The highest BCUT2D eigenvalue weighted by Gasteiger charge is 2.45. The number of methoxy groups -OCH3 is 1. The largest absolute Gasteiger partial charge is 0.384 e. The fourth-order valence-electron chi connectivity index (χ4n) is 9.35. The number of ether oxygens (including phenoxy) is 1. The SMILES string of the molecule is COC1CCN(c2nccc(Nc3cc4c(C(C)C)ccc(N5C[C@H](CS(=O)(=O)CCCCCCNc6cccc7c6C(=O)N(C6CCC(=O)NC6=O)C7=O)[C@H]5C)c4cn3)n2)CC1. The van der Waals surface area contributed by atoms with Crippen molar-refractivity contribution in [1.29, 1.82) is 0 Å². The molecule has 4 amide bonds. The van der Waals surface area contributed by atoms with Gasteiger partial charge in [0.1, 0.15) is 17.7 Å². The number of hydrogen-bond donors (Lipinski definition) is 3. The van der Waals surface area contributed by atoms with E-state index >= 15 is 0 Å². The van der Waals surface area contributed by atoms with Crippen LogP contribution in [0.5, 0.6) is 0 Å². The summed E-state index contributed by atoms with van der Waals surface area (Å²) in [6.07, 6.45) is 8.82. The first-order valence-corrected chi connectivity index (χ1v) is 24.0. The number of benzene rings is 2. The lowest BCUT2D eigenvalue weighted by Crippen LogP contribution is -2.57. The summed E-state index contributed by atoms with van der Waals surface area (Å²) in [7, 11) is -1.51. The maximum Gasteiger partial charge on any atom is 0.264 e. The molecule has 16 nitrogen and oxygen atoms in total. The van der Waals surface area contributed by atoms with E-state index in [0.717, 1.165) is 66.6 Å². The fraction of sp³-hybridized carbons (Fsp3) is 0.500. The first-order chi connectivity index (χ1) is 30.3. The number of amides is 4. The van der Waals surface area contributed by atoms with Crippen molar-refractivity contribution in [3.05, 3.63) is 71.5 Å². The smallest absolute Gasteiger partial charge is 0.264 e. The normalized spacial score (nSPS) is 20.7. The molecule has 4 aliphatic heterocycles. The molecule has 17 heteroatoms. The molecular weight excluding hydrogens is 823 g/mol. The van der Waals surface area contributed by atoms with E-state index in [0.29, 0.717) is 42.8 Å². The van der Waals surface area contributed by atoms with E-state index in [4.69, 9.17) is 14.7 Å². The van der Waals surface area contributed by atoms with Gasteiger partial charge in [-0.25, -0.2) is 18.4 Å². The zero-order valence-electron chi connectivity index (χ0n) is 36.4. The number of imide groups is 2.